The van der Waals surface area contributed by atoms with E-state index in [9.17, 15) is 26.4 Å². The number of nitrogens with one attached hydrogen (secondary N) is 2. The van der Waals surface area contributed by atoms with Gasteiger partial charge in [0.2, 0.25) is 5.91 Å². The Labute approximate surface area is 194 Å². The van der Waals surface area contributed by atoms with E-state index in [1.54, 1.807) is 6.07 Å². The number of halogens is 4. The molecule has 1 amide bonds. The van der Waals surface area contributed by atoms with Crippen molar-refractivity contribution < 1.29 is 26.4 Å². The van der Waals surface area contributed by atoms with Crippen LogP contribution < -0.4 is 10.0 Å². The van der Waals surface area contributed by atoms with E-state index in [-0.39, 0.29) is 38.3 Å². The van der Waals surface area contributed by atoms with Crippen molar-refractivity contribution in [1.29, 1.82) is 0 Å². The highest BCUT2D eigenvalue weighted by Crippen LogP contribution is 2.32. The predicted octanol–water partition coefficient (Wildman–Crippen LogP) is 4.82. The minimum absolute atomic E-state index is 0.0762. The maximum absolute atomic E-state index is 14.6. The van der Waals surface area contributed by atoms with Gasteiger partial charge in [0, 0.05) is 22.5 Å². The van der Waals surface area contributed by atoms with Gasteiger partial charge in [-0.15, -0.1) is 0 Å². The van der Waals surface area contributed by atoms with Crippen LogP contribution in [0.4, 0.5) is 24.0 Å². The van der Waals surface area contributed by atoms with Crippen molar-refractivity contribution in [1.82, 2.24) is 4.98 Å². The van der Waals surface area contributed by atoms with Crippen molar-refractivity contribution in [2.24, 2.45) is 0 Å². The van der Waals surface area contributed by atoms with Crippen LogP contribution in [0.2, 0.25) is 0 Å². The van der Waals surface area contributed by atoms with Gasteiger partial charge in [-0.05, 0) is 59.3 Å². The topological polar surface area (TPSA) is 88.2 Å². The van der Waals surface area contributed by atoms with Crippen LogP contribution in [0, 0.1) is 27.9 Å². The molecule has 0 unspecified atom stereocenters. The molecule has 1 aromatic heterocycles. The van der Waals surface area contributed by atoms with Crippen LogP contribution in [0.3, 0.4) is 0 Å². The summed E-state index contributed by atoms with van der Waals surface area (Å²) in [5.74, 6) is -3.51. The largest absolute Gasteiger partial charge is 0.302 e. The van der Waals surface area contributed by atoms with Crippen LogP contribution in [-0.4, -0.2) is 19.3 Å². The fourth-order valence-electron chi connectivity index (χ4n) is 2.74. The number of rotatable bonds is 6. The maximum atomic E-state index is 14.6. The van der Waals surface area contributed by atoms with Crippen molar-refractivity contribution in [3.63, 3.8) is 0 Å². The SMILES string of the molecule is CC(=O)Nc1nc(C)c(S(=O)(=O)Nc2ccc(F)c(F)c2Cc2ccc(I)cc2F)s1. The molecule has 31 heavy (non-hydrogen) atoms. The van der Waals surface area contributed by atoms with Crippen molar-refractivity contribution in [3.8, 4) is 0 Å². The van der Waals surface area contributed by atoms with E-state index < -0.39 is 33.4 Å². The standard InChI is InChI=1S/C19H15F3IN3O3S2/c1-9-18(30-19(24-9)25-10(2)27)31(28,29)26-16-6-5-14(20)17(22)13(16)7-11-3-4-12(23)8-15(11)21/h3-6,8,26H,7H2,1-2H3,(H,24,25,27). The van der Waals surface area contributed by atoms with E-state index in [0.29, 0.717) is 14.9 Å². The number of nitrogens with zero attached hydrogens (tertiary/aromatic N) is 1. The van der Waals surface area contributed by atoms with Gasteiger partial charge >= 0.3 is 0 Å². The van der Waals surface area contributed by atoms with E-state index >= 15 is 0 Å². The first kappa shape index (κ1) is 23.5. The summed E-state index contributed by atoms with van der Waals surface area (Å²) in [5, 5.41) is 2.48. The Morgan fingerprint density at radius 3 is 2.52 bits per heavy atom. The third kappa shape index (κ3) is 5.36. The Morgan fingerprint density at radius 2 is 1.87 bits per heavy atom. The van der Waals surface area contributed by atoms with E-state index in [0.717, 1.165) is 12.1 Å². The maximum Gasteiger partial charge on any atom is 0.273 e. The first-order valence-electron chi connectivity index (χ1n) is 8.66. The number of carbonyl (C=O) groups excluding carboxylic acids is 1. The minimum atomic E-state index is -4.25. The molecule has 0 radical (unpaired) electrons. The molecule has 0 aliphatic carbocycles. The van der Waals surface area contributed by atoms with Gasteiger partial charge < -0.3 is 5.32 Å². The van der Waals surface area contributed by atoms with E-state index in [4.69, 9.17) is 0 Å². The molecule has 0 spiro atoms. The first-order chi connectivity index (χ1) is 14.5. The van der Waals surface area contributed by atoms with Crippen molar-refractivity contribution in [2.45, 2.75) is 24.5 Å². The lowest BCUT2D eigenvalue weighted by molar-refractivity contribution is -0.114. The van der Waals surface area contributed by atoms with Crippen LogP contribution in [0.15, 0.2) is 34.5 Å². The van der Waals surface area contributed by atoms with Gasteiger partial charge in [-0.2, -0.15) is 0 Å². The number of thiazole rings is 1. The van der Waals surface area contributed by atoms with E-state index in [1.165, 1.54) is 26.0 Å². The number of aromatic nitrogens is 1. The molecule has 1 heterocycles. The fraction of sp³-hybridized carbons (Fsp3) is 0.158. The minimum Gasteiger partial charge on any atom is -0.302 e. The number of anilines is 2. The Bertz CT molecular complexity index is 1280. The summed E-state index contributed by atoms with van der Waals surface area (Å²) in [6.45, 7) is 2.68. The van der Waals surface area contributed by atoms with Gasteiger partial charge in [0.15, 0.2) is 21.0 Å². The average molecular weight is 581 g/mol. The van der Waals surface area contributed by atoms with Crippen LogP contribution in [0.25, 0.3) is 0 Å². The number of carbonyl (C=O) groups is 1. The molecule has 2 aromatic carbocycles. The highest BCUT2D eigenvalue weighted by atomic mass is 127. The smallest absolute Gasteiger partial charge is 0.273 e. The van der Waals surface area contributed by atoms with E-state index in [1.807, 2.05) is 22.6 Å². The highest BCUT2D eigenvalue weighted by Gasteiger charge is 2.25. The Balaban J connectivity index is 2.00. The number of amides is 1. The van der Waals surface area contributed by atoms with Crippen LogP contribution >= 0.6 is 33.9 Å². The molecule has 6 nitrogen and oxygen atoms in total. The summed E-state index contributed by atoms with van der Waals surface area (Å²) >= 11 is 2.62. The van der Waals surface area contributed by atoms with Crippen molar-refractivity contribution in [2.75, 3.05) is 10.0 Å². The monoisotopic (exact) mass is 581 g/mol. The van der Waals surface area contributed by atoms with Crippen LogP contribution in [0.5, 0.6) is 0 Å². The Morgan fingerprint density at radius 1 is 1.16 bits per heavy atom. The normalized spacial score (nSPS) is 11.4. The number of hydrogen-bond donors (Lipinski definition) is 2. The summed E-state index contributed by atoms with van der Waals surface area (Å²) in [4.78, 5) is 15.2. The number of benzene rings is 2. The Kier molecular flexibility index (Phi) is 6.91. The summed E-state index contributed by atoms with van der Waals surface area (Å²) < 4.78 is 71.1. The molecule has 0 saturated carbocycles. The average Bonchev–Trinajstić information content (AvgIpc) is 3.03. The number of sulfonamides is 1. The number of hydrogen-bond acceptors (Lipinski definition) is 5. The molecule has 0 fully saturated rings. The van der Waals surface area contributed by atoms with Crippen LogP contribution in [-0.2, 0) is 21.2 Å². The summed E-state index contributed by atoms with van der Waals surface area (Å²) in [5.41, 5.74) is -0.375. The zero-order chi connectivity index (χ0) is 22.9. The zero-order valence-electron chi connectivity index (χ0n) is 16.1. The molecule has 164 valence electrons. The summed E-state index contributed by atoms with van der Waals surface area (Å²) in [6, 6.07) is 6.11. The second kappa shape index (κ2) is 9.12. The molecule has 3 rings (SSSR count). The van der Waals surface area contributed by atoms with Crippen molar-refractivity contribution in [3.05, 3.63) is 68.2 Å². The van der Waals surface area contributed by atoms with Gasteiger partial charge in [0.1, 0.15) is 5.82 Å². The number of aryl methyl sites for hydroxylation is 1. The molecule has 0 saturated heterocycles. The Hall–Kier alpha value is -2.19. The molecule has 2 N–H and O–H groups in total. The van der Waals surface area contributed by atoms with E-state index in [2.05, 4.69) is 15.0 Å². The van der Waals surface area contributed by atoms with Crippen LogP contribution in [0.1, 0.15) is 23.7 Å². The van der Waals surface area contributed by atoms with Gasteiger partial charge in [-0.25, -0.2) is 26.6 Å². The third-order valence-corrected chi connectivity index (χ3v) is 7.82. The summed E-state index contributed by atoms with van der Waals surface area (Å²) in [7, 11) is -4.25. The molecular weight excluding hydrogens is 566 g/mol. The second-order valence-electron chi connectivity index (χ2n) is 6.48. The third-order valence-electron chi connectivity index (χ3n) is 4.10. The van der Waals surface area contributed by atoms with Gasteiger partial charge in [-0.1, -0.05) is 17.4 Å². The van der Waals surface area contributed by atoms with Gasteiger partial charge in [-0.3, -0.25) is 9.52 Å². The quantitative estimate of drug-likeness (QED) is 0.409. The summed E-state index contributed by atoms with van der Waals surface area (Å²) in [6.07, 6.45) is -0.372. The second-order valence-corrected chi connectivity index (χ2v) is 10.6. The highest BCUT2D eigenvalue weighted by molar-refractivity contribution is 14.1. The van der Waals surface area contributed by atoms with Gasteiger partial charge in [0.25, 0.3) is 10.0 Å². The first-order valence-corrected chi connectivity index (χ1v) is 12.0. The van der Waals surface area contributed by atoms with Crippen molar-refractivity contribution >= 4 is 60.7 Å². The molecule has 0 aliphatic rings. The molecular formula is C19H15F3IN3O3S2. The van der Waals surface area contributed by atoms with Gasteiger partial charge in [0.05, 0.1) is 11.4 Å². The fourth-order valence-corrected chi connectivity index (χ4v) is 5.75. The molecule has 12 heteroatoms. The predicted molar refractivity (Wildman–Crippen MR) is 120 cm³/mol. The molecule has 0 atom stereocenters. The zero-order valence-corrected chi connectivity index (χ0v) is 19.9. The molecule has 0 aliphatic heterocycles. The lowest BCUT2D eigenvalue weighted by Crippen LogP contribution is -2.15. The lowest BCUT2D eigenvalue weighted by Gasteiger charge is -2.14. The molecule has 0 bridgehead atoms. The lowest BCUT2D eigenvalue weighted by atomic mass is 10.0. The molecule has 3 aromatic rings.